The predicted molar refractivity (Wildman–Crippen MR) is 76.0 cm³/mol. The van der Waals surface area contributed by atoms with E-state index in [2.05, 4.69) is 29.0 Å². The van der Waals surface area contributed by atoms with Crippen LogP contribution in [-0.4, -0.2) is 35.1 Å². The first kappa shape index (κ1) is 12.6. The second-order valence-electron chi connectivity index (χ2n) is 5.69. The molecular weight excluding hydrogens is 242 g/mol. The van der Waals surface area contributed by atoms with Crippen LogP contribution in [0.25, 0.3) is 0 Å². The maximum Gasteiger partial charge on any atom is 0.109 e. The lowest BCUT2D eigenvalue weighted by Crippen LogP contribution is -2.45. The van der Waals surface area contributed by atoms with Crippen molar-refractivity contribution in [2.24, 2.45) is 0 Å². The van der Waals surface area contributed by atoms with E-state index in [0.717, 1.165) is 6.04 Å². The molecule has 3 atom stereocenters. The van der Waals surface area contributed by atoms with Crippen LogP contribution in [0.1, 0.15) is 48.5 Å². The van der Waals surface area contributed by atoms with Crippen molar-refractivity contribution < 1.29 is 0 Å². The molecule has 3 heterocycles. The molecule has 100 valence electrons. The van der Waals surface area contributed by atoms with Gasteiger partial charge in [-0.1, -0.05) is 6.42 Å². The van der Waals surface area contributed by atoms with E-state index in [1.54, 1.807) is 0 Å². The molecule has 3 rings (SSSR count). The third-order valence-corrected chi connectivity index (χ3v) is 5.43. The third-order valence-electron chi connectivity index (χ3n) is 4.33. The van der Waals surface area contributed by atoms with Crippen LogP contribution in [0.4, 0.5) is 0 Å². The normalized spacial score (nSPS) is 30.3. The van der Waals surface area contributed by atoms with Crippen molar-refractivity contribution >= 4 is 11.3 Å². The number of hydrogen-bond donors (Lipinski definition) is 1. The Labute approximate surface area is 114 Å². The SMILES string of the molecule is Cc1cnc(C(C)NC2CCN3CCCCC23)s1. The summed E-state index contributed by atoms with van der Waals surface area (Å²) in [5.74, 6) is 0. The van der Waals surface area contributed by atoms with E-state index in [1.807, 2.05) is 17.5 Å². The Balaban J connectivity index is 1.62. The Morgan fingerprint density at radius 1 is 1.39 bits per heavy atom. The summed E-state index contributed by atoms with van der Waals surface area (Å²) < 4.78 is 0. The highest BCUT2D eigenvalue weighted by atomic mass is 32.1. The van der Waals surface area contributed by atoms with Crippen LogP contribution in [0.5, 0.6) is 0 Å². The molecule has 0 aromatic carbocycles. The Morgan fingerprint density at radius 3 is 3.06 bits per heavy atom. The second kappa shape index (κ2) is 5.27. The minimum Gasteiger partial charge on any atom is -0.304 e. The summed E-state index contributed by atoms with van der Waals surface area (Å²) in [6.07, 6.45) is 7.47. The molecular formula is C14H23N3S. The zero-order valence-electron chi connectivity index (χ0n) is 11.4. The van der Waals surface area contributed by atoms with Gasteiger partial charge in [0.1, 0.15) is 5.01 Å². The molecule has 2 aliphatic heterocycles. The Hall–Kier alpha value is -0.450. The van der Waals surface area contributed by atoms with Gasteiger partial charge in [0.05, 0.1) is 6.04 Å². The Bertz CT molecular complexity index is 403. The molecule has 3 nitrogen and oxygen atoms in total. The van der Waals surface area contributed by atoms with E-state index >= 15 is 0 Å². The van der Waals surface area contributed by atoms with E-state index in [0.29, 0.717) is 12.1 Å². The summed E-state index contributed by atoms with van der Waals surface area (Å²) in [5, 5.41) is 5.05. The fraction of sp³-hybridized carbons (Fsp3) is 0.786. The van der Waals surface area contributed by atoms with Gasteiger partial charge in [-0.05, 0) is 39.7 Å². The number of thiazole rings is 1. The van der Waals surface area contributed by atoms with Crippen LogP contribution in [0.3, 0.4) is 0 Å². The van der Waals surface area contributed by atoms with Crippen LogP contribution in [-0.2, 0) is 0 Å². The van der Waals surface area contributed by atoms with E-state index in [-0.39, 0.29) is 0 Å². The van der Waals surface area contributed by atoms with Crippen LogP contribution in [0.2, 0.25) is 0 Å². The molecule has 2 fully saturated rings. The number of nitrogens with one attached hydrogen (secondary N) is 1. The largest absolute Gasteiger partial charge is 0.304 e. The van der Waals surface area contributed by atoms with Crippen molar-refractivity contribution in [3.8, 4) is 0 Å². The van der Waals surface area contributed by atoms with Gasteiger partial charge in [-0.15, -0.1) is 11.3 Å². The number of hydrogen-bond acceptors (Lipinski definition) is 4. The van der Waals surface area contributed by atoms with Crippen molar-refractivity contribution in [1.29, 1.82) is 0 Å². The molecule has 0 bridgehead atoms. The summed E-state index contributed by atoms with van der Waals surface area (Å²) in [5.41, 5.74) is 0. The lowest BCUT2D eigenvalue weighted by Gasteiger charge is -2.33. The minimum atomic E-state index is 0.399. The molecule has 1 aromatic rings. The van der Waals surface area contributed by atoms with Gasteiger partial charge in [-0.25, -0.2) is 4.98 Å². The number of nitrogens with zero attached hydrogens (tertiary/aromatic N) is 2. The Kier molecular flexibility index (Phi) is 3.68. The highest BCUT2D eigenvalue weighted by molar-refractivity contribution is 7.11. The quantitative estimate of drug-likeness (QED) is 0.911. The fourth-order valence-electron chi connectivity index (χ4n) is 3.41. The van der Waals surface area contributed by atoms with Crippen molar-refractivity contribution in [2.75, 3.05) is 13.1 Å². The number of aryl methyl sites for hydroxylation is 1. The summed E-state index contributed by atoms with van der Waals surface area (Å²) in [6, 6.07) is 1.85. The van der Waals surface area contributed by atoms with E-state index in [1.165, 1.54) is 48.7 Å². The van der Waals surface area contributed by atoms with Gasteiger partial charge in [-0.2, -0.15) is 0 Å². The summed E-state index contributed by atoms with van der Waals surface area (Å²) in [6.45, 7) is 6.98. The average Bonchev–Trinajstić information content (AvgIpc) is 2.97. The van der Waals surface area contributed by atoms with E-state index in [9.17, 15) is 0 Å². The summed E-state index contributed by atoms with van der Waals surface area (Å²) >= 11 is 1.82. The Morgan fingerprint density at radius 2 is 2.28 bits per heavy atom. The number of piperidine rings is 1. The van der Waals surface area contributed by atoms with Crippen molar-refractivity contribution in [2.45, 2.75) is 57.7 Å². The fourth-order valence-corrected chi connectivity index (χ4v) is 4.19. The maximum absolute atomic E-state index is 4.50. The summed E-state index contributed by atoms with van der Waals surface area (Å²) in [4.78, 5) is 8.50. The molecule has 18 heavy (non-hydrogen) atoms. The van der Waals surface area contributed by atoms with Gasteiger partial charge in [-0.3, -0.25) is 4.90 Å². The zero-order chi connectivity index (χ0) is 12.5. The van der Waals surface area contributed by atoms with Crippen molar-refractivity contribution in [1.82, 2.24) is 15.2 Å². The number of rotatable bonds is 3. The molecule has 3 unspecified atom stereocenters. The molecule has 0 spiro atoms. The average molecular weight is 265 g/mol. The van der Waals surface area contributed by atoms with Crippen LogP contribution in [0, 0.1) is 6.92 Å². The molecule has 0 saturated carbocycles. The van der Waals surface area contributed by atoms with E-state index < -0.39 is 0 Å². The van der Waals surface area contributed by atoms with Gasteiger partial charge in [0.15, 0.2) is 0 Å². The molecule has 4 heteroatoms. The third kappa shape index (κ3) is 2.46. The topological polar surface area (TPSA) is 28.2 Å². The van der Waals surface area contributed by atoms with Crippen molar-refractivity contribution in [3.05, 3.63) is 16.1 Å². The van der Waals surface area contributed by atoms with Gasteiger partial charge < -0.3 is 5.32 Å². The van der Waals surface area contributed by atoms with Crippen LogP contribution in [0.15, 0.2) is 6.20 Å². The number of aromatic nitrogens is 1. The molecule has 2 aliphatic rings. The first-order valence-corrected chi connectivity index (χ1v) is 7.98. The van der Waals surface area contributed by atoms with E-state index in [4.69, 9.17) is 0 Å². The molecule has 2 saturated heterocycles. The van der Waals surface area contributed by atoms with Crippen LogP contribution < -0.4 is 5.32 Å². The number of fused-ring (bicyclic) bond motifs is 1. The maximum atomic E-state index is 4.50. The lowest BCUT2D eigenvalue weighted by atomic mass is 9.98. The second-order valence-corrected chi connectivity index (χ2v) is 6.96. The molecule has 0 amide bonds. The minimum absolute atomic E-state index is 0.399. The van der Waals surface area contributed by atoms with Gasteiger partial charge in [0.25, 0.3) is 0 Å². The first-order valence-electron chi connectivity index (χ1n) is 7.16. The standard InChI is InChI=1S/C14H23N3S/c1-10-9-15-14(18-10)11(2)16-12-6-8-17-7-4-3-5-13(12)17/h9,11-13,16H,3-8H2,1-2H3. The molecule has 0 radical (unpaired) electrons. The first-order chi connectivity index (χ1) is 8.74. The van der Waals surface area contributed by atoms with Gasteiger partial charge in [0, 0.05) is 29.7 Å². The smallest absolute Gasteiger partial charge is 0.109 e. The zero-order valence-corrected chi connectivity index (χ0v) is 12.2. The van der Waals surface area contributed by atoms with Gasteiger partial charge >= 0.3 is 0 Å². The van der Waals surface area contributed by atoms with Gasteiger partial charge in [0.2, 0.25) is 0 Å². The van der Waals surface area contributed by atoms with Crippen LogP contribution >= 0.6 is 11.3 Å². The highest BCUT2D eigenvalue weighted by Crippen LogP contribution is 2.29. The van der Waals surface area contributed by atoms with Crippen molar-refractivity contribution in [3.63, 3.8) is 0 Å². The molecule has 0 aliphatic carbocycles. The molecule has 1 N–H and O–H groups in total. The monoisotopic (exact) mass is 265 g/mol. The lowest BCUT2D eigenvalue weighted by molar-refractivity contribution is 0.177. The highest BCUT2D eigenvalue weighted by Gasteiger charge is 2.36. The predicted octanol–water partition coefficient (Wildman–Crippen LogP) is 2.73. The summed E-state index contributed by atoms with van der Waals surface area (Å²) in [7, 11) is 0. The molecule has 1 aromatic heterocycles.